The van der Waals surface area contributed by atoms with E-state index in [4.69, 9.17) is 16.6 Å². The maximum atomic E-state index is 12.4. The Morgan fingerprint density at radius 3 is 2.03 bits per heavy atom. The Labute approximate surface area is 223 Å². The number of carbonyl (C=O) groups excluding carboxylic acids is 1. The first-order valence-electron chi connectivity index (χ1n) is 13.4. The number of hydrogen-bond donors (Lipinski definition) is 3. The molecular formula is C30H46N4O3. The van der Waals surface area contributed by atoms with Crippen LogP contribution in [0.4, 0.5) is 0 Å². The van der Waals surface area contributed by atoms with E-state index in [1.807, 2.05) is 70.7 Å². The van der Waals surface area contributed by atoms with Crippen LogP contribution < -0.4 is 11.5 Å². The minimum absolute atomic E-state index is 0.281. The largest absolute Gasteiger partial charge is 0.478 e. The van der Waals surface area contributed by atoms with E-state index in [1.54, 1.807) is 19.1 Å². The van der Waals surface area contributed by atoms with Gasteiger partial charge in [0.2, 0.25) is 0 Å². The van der Waals surface area contributed by atoms with Gasteiger partial charge in [0, 0.05) is 25.2 Å². The van der Waals surface area contributed by atoms with Crippen LogP contribution in [0, 0.1) is 26.2 Å². The maximum Gasteiger partial charge on any atom is 0.335 e. The average molecular weight is 511 g/mol. The van der Waals surface area contributed by atoms with Gasteiger partial charge in [-0.25, -0.2) is 4.79 Å². The van der Waals surface area contributed by atoms with E-state index in [1.165, 1.54) is 25.7 Å². The van der Waals surface area contributed by atoms with E-state index in [-0.39, 0.29) is 5.91 Å². The number of benzene rings is 2. The summed E-state index contributed by atoms with van der Waals surface area (Å²) in [7, 11) is 0. The molecule has 1 saturated heterocycles. The fraction of sp³-hybridized carbons (Fsp3) is 0.500. The van der Waals surface area contributed by atoms with Gasteiger partial charge in [-0.1, -0.05) is 57.5 Å². The third kappa shape index (κ3) is 9.01. The Hall–Kier alpha value is -3.19. The second-order valence-corrected chi connectivity index (χ2v) is 9.18. The van der Waals surface area contributed by atoms with Crippen LogP contribution in [0.2, 0.25) is 0 Å². The van der Waals surface area contributed by atoms with Gasteiger partial charge in [-0.2, -0.15) is 4.99 Å². The zero-order chi connectivity index (χ0) is 28.2. The van der Waals surface area contributed by atoms with E-state index >= 15 is 0 Å². The number of amides is 1. The standard InChI is InChI=1S/C17H24N4O.C9H10O2.2C2H6/c1-12-13(11-18)3-2-4-14(12)15(22)20-16(19)21-9-7-17(5-6-17)8-10-21;1-6-3-4-7(2)8(5-6)9(10)11;2*1-2/h2-4H,5-11,18H2,1H3,(H2,19,20,22);3-5H,1-2H3,(H,10,11);2*1-2H3. The smallest absolute Gasteiger partial charge is 0.335 e. The summed E-state index contributed by atoms with van der Waals surface area (Å²) < 4.78 is 0. The van der Waals surface area contributed by atoms with Gasteiger partial charge in [0.1, 0.15) is 0 Å². The van der Waals surface area contributed by atoms with Gasteiger partial charge in [0.05, 0.1) is 5.56 Å². The number of carboxylic acid groups (broad SMARTS) is 1. The molecule has 7 heteroatoms. The second-order valence-electron chi connectivity index (χ2n) is 9.18. The Balaban J connectivity index is 0.000000385. The molecule has 7 nitrogen and oxygen atoms in total. The molecule has 0 aromatic heterocycles. The summed E-state index contributed by atoms with van der Waals surface area (Å²) in [5.74, 6) is -0.790. The number of rotatable bonds is 3. The van der Waals surface area contributed by atoms with Crippen LogP contribution in [0.25, 0.3) is 0 Å². The van der Waals surface area contributed by atoms with Crippen LogP contribution in [0.15, 0.2) is 41.4 Å². The van der Waals surface area contributed by atoms with Gasteiger partial charge in [-0.05, 0) is 80.7 Å². The van der Waals surface area contributed by atoms with Gasteiger partial charge in [0.25, 0.3) is 5.91 Å². The van der Waals surface area contributed by atoms with Crippen molar-refractivity contribution < 1.29 is 14.7 Å². The zero-order valence-electron chi connectivity index (χ0n) is 23.7. The molecule has 1 aliphatic heterocycles. The third-order valence-electron chi connectivity index (χ3n) is 6.84. The molecule has 5 N–H and O–H groups in total. The topological polar surface area (TPSA) is 122 Å². The number of guanidine groups is 1. The molecule has 37 heavy (non-hydrogen) atoms. The number of aliphatic imine (C=N–C) groups is 1. The van der Waals surface area contributed by atoms with Crippen molar-refractivity contribution in [2.24, 2.45) is 21.9 Å². The molecule has 0 unspecified atom stereocenters. The number of piperidine rings is 1. The Morgan fingerprint density at radius 1 is 0.946 bits per heavy atom. The van der Waals surface area contributed by atoms with Crippen molar-refractivity contribution in [3.05, 3.63) is 69.8 Å². The van der Waals surface area contributed by atoms with Crippen LogP contribution in [-0.4, -0.2) is 40.9 Å². The first-order chi connectivity index (χ1) is 17.7. The summed E-state index contributed by atoms with van der Waals surface area (Å²) in [5.41, 5.74) is 16.9. The first-order valence-corrected chi connectivity index (χ1v) is 13.4. The fourth-order valence-corrected chi connectivity index (χ4v) is 4.22. The molecule has 0 radical (unpaired) electrons. The van der Waals surface area contributed by atoms with Gasteiger partial charge >= 0.3 is 5.97 Å². The predicted octanol–water partition coefficient (Wildman–Crippen LogP) is 5.84. The van der Waals surface area contributed by atoms with Crippen molar-refractivity contribution in [2.75, 3.05) is 13.1 Å². The van der Waals surface area contributed by atoms with Crippen LogP contribution in [0.3, 0.4) is 0 Å². The van der Waals surface area contributed by atoms with E-state index < -0.39 is 5.97 Å². The fourth-order valence-electron chi connectivity index (χ4n) is 4.22. The minimum atomic E-state index is -0.855. The Morgan fingerprint density at radius 2 is 1.54 bits per heavy atom. The molecule has 4 rings (SSSR count). The highest BCUT2D eigenvalue weighted by molar-refractivity contribution is 6.03. The molecule has 2 aromatic carbocycles. The number of nitrogens with zero attached hydrogens (tertiary/aromatic N) is 2. The summed E-state index contributed by atoms with van der Waals surface area (Å²) in [6.45, 7) is 15.8. The average Bonchev–Trinajstić information content (AvgIpc) is 3.67. The van der Waals surface area contributed by atoms with E-state index in [0.717, 1.165) is 35.3 Å². The molecule has 1 amide bonds. The highest BCUT2D eigenvalue weighted by atomic mass is 16.4. The molecule has 2 aliphatic rings. The summed E-state index contributed by atoms with van der Waals surface area (Å²) in [6.07, 6.45) is 5.03. The number of nitrogens with two attached hydrogens (primary N) is 2. The monoisotopic (exact) mass is 510 g/mol. The lowest BCUT2D eigenvalue weighted by Gasteiger charge is -2.32. The number of carboxylic acids is 1. The Kier molecular flexibility index (Phi) is 13.0. The maximum absolute atomic E-state index is 12.4. The third-order valence-corrected chi connectivity index (χ3v) is 6.84. The molecule has 2 fully saturated rings. The molecule has 1 saturated carbocycles. The van der Waals surface area contributed by atoms with Crippen molar-refractivity contribution in [2.45, 2.75) is 80.7 Å². The van der Waals surface area contributed by atoms with Crippen LogP contribution in [-0.2, 0) is 6.54 Å². The molecule has 0 bridgehead atoms. The minimum Gasteiger partial charge on any atom is -0.478 e. The number of likely N-dealkylation sites (tertiary alicyclic amines) is 1. The van der Waals surface area contributed by atoms with Gasteiger partial charge in [-0.15, -0.1) is 0 Å². The summed E-state index contributed by atoms with van der Waals surface area (Å²) in [4.78, 5) is 29.1. The van der Waals surface area contributed by atoms with Crippen molar-refractivity contribution >= 4 is 17.8 Å². The highest BCUT2D eigenvalue weighted by Gasteiger charge is 2.44. The number of hydrogen-bond acceptors (Lipinski definition) is 3. The summed E-state index contributed by atoms with van der Waals surface area (Å²) in [6, 6.07) is 11.0. The molecule has 204 valence electrons. The van der Waals surface area contributed by atoms with Gasteiger partial charge in [-0.3, -0.25) is 4.79 Å². The normalized spacial score (nSPS) is 15.2. The van der Waals surface area contributed by atoms with Crippen molar-refractivity contribution in [1.29, 1.82) is 0 Å². The number of aryl methyl sites for hydroxylation is 2. The van der Waals surface area contributed by atoms with Crippen LogP contribution >= 0.6 is 0 Å². The second kappa shape index (κ2) is 15.2. The lowest BCUT2D eigenvalue weighted by molar-refractivity contribution is 0.0695. The van der Waals surface area contributed by atoms with Crippen molar-refractivity contribution in [1.82, 2.24) is 4.90 Å². The first kappa shape index (κ1) is 31.8. The molecule has 2 aromatic rings. The molecular weight excluding hydrogens is 464 g/mol. The van der Waals surface area contributed by atoms with Crippen molar-refractivity contribution in [3.8, 4) is 0 Å². The van der Waals surface area contributed by atoms with Crippen LogP contribution in [0.1, 0.15) is 96.3 Å². The van der Waals surface area contributed by atoms with E-state index in [2.05, 4.69) is 4.99 Å². The predicted molar refractivity (Wildman–Crippen MR) is 153 cm³/mol. The van der Waals surface area contributed by atoms with Crippen LogP contribution in [0.5, 0.6) is 0 Å². The number of carbonyl (C=O) groups is 2. The van der Waals surface area contributed by atoms with Gasteiger partial charge in [0.15, 0.2) is 5.96 Å². The van der Waals surface area contributed by atoms with Crippen molar-refractivity contribution in [3.63, 3.8) is 0 Å². The molecule has 1 aliphatic carbocycles. The summed E-state index contributed by atoms with van der Waals surface area (Å²) in [5, 5.41) is 8.69. The Bertz CT molecular complexity index is 1060. The lowest BCUT2D eigenvalue weighted by atomic mass is 9.94. The molecule has 1 heterocycles. The van der Waals surface area contributed by atoms with E-state index in [9.17, 15) is 9.59 Å². The lowest BCUT2D eigenvalue weighted by Crippen LogP contribution is -2.43. The zero-order valence-corrected chi connectivity index (χ0v) is 23.7. The number of aromatic carboxylic acids is 1. The highest BCUT2D eigenvalue weighted by Crippen LogP contribution is 2.53. The summed E-state index contributed by atoms with van der Waals surface area (Å²) >= 11 is 0. The van der Waals surface area contributed by atoms with E-state index in [0.29, 0.717) is 29.0 Å². The SMILES string of the molecule is CC.CC.Cc1c(CN)cccc1C(=O)N=C(N)N1CCC2(CC1)CC2.Cc1ccc(C)c(C(=O)O)c1. The molecule has 1 spiro atoms. The van der Waals surface area contributed by atoms with Gasteiger partial charge < -0.3 is 21.5 Å². The molecule has 0 atom stereocenters. The quantitative estimate of drug-likeness (QED) is 0.352.